The SMILES string of the molecule is CCCCN(C)c1ncnc(NCCc2ccc(OC)c(OC)c2)c1[N+](=O)[O-]. The van der Waals surface area contributed by atoms with E-state index in [0.29, 0.717) is 36.8 Å². The maximum atomic E-state index is 11.6. The van der Waals surface area contributed by atoms with Crippen molar-refractivity contribution in [2.24, 2.45) is 0 Å². The lowest BCUT2D eigenvalue weighted by Crippen LogP contribution is -2.22. The van der Waals surface area contributed by atoms with Crippen LogP contribution in [0.5, 0.6) is 11.5 Å². The summed E-state index contributed by atoms with van der Waals surface area (Å²) in [6, 6.07) is 5.66. The number of aromatic nitrogens is 2. The van der Waals surface area contributed by atoms with Gasteiger partial charge < -0.3 is 19.7 Å². The molecule has 1 N–H and O–H groups in total. The van der Waals surface area contributed by atoms with Gasteiger partial charge in [0.15, 0.2) is 11.5 Å². The van der Waals surface area contributed by atoms with Crippen molar-refractivity contribution in [1.29, 1.82) is 0 Å². The normalized spacial score (nSPS) is 10.4. The highest BCUT2D eigenvalue weighted by Crippen LogP contribution is 2.31. The maximum Gasteiger partial charge on any atom is 0.353 e. The summed E-state index contributed by atoms with van der Waals surface area (Å²) in [7, 11) is 4.97. The van der Waals surface area contributed by atoms with Gasteiger partial charge in [-0.2, -0.15) is 0 Å². The Morgan fingerprint density at radius 3 is 2.61 bits per heavy atom. The van der Waals surface area contributed by atoms with Gasteiger partial charge in [-0.3, -0.25) is 10.1 Å². The van der Waals surface area contributed by atoms with E-state index in [1.54, 1.807) is 26.2 Å². The van der Waals surface area contributed by atoms with Gasteiger partial charge in [-0.15, -0.1) is 0 Å². The van der Waals surface area contributed by atoms with Crippen LogP contribution in [-0.2, 0) is 6.42 Å². The molecule has 0 atom stereocenters. The second-order valence-corrected chi connectivity index (χ2v) is 6.29. The maximum absolute atomic E-state index is 11.6. The highest BCUT2D eigenvalue weighted by Gasteiger charge is 2.25. The van der Waals surface area contributed by atoms with Crippen LogP contribution in [0.2, 0.25) is 0 Å². The summed E-state index contributed by atoms with van der Waals surface area (Å²) in [4.78, 5) is 21.2. The fraction of sp³-hybridized carbons (Fsp3) is 0.474. The Hall–Kier alpha value is -3.10. The van der Waals surface area contributed by atoms with E-state index in [2.05, 4.69) is 22.2 Å². The molecule has 0 saturated heterocycles. The number of hydrogen-bond donors (Lipinski definition) is 1. The molecule has 0 aliphatic carbocycles. The predicted molar refractivity (Wildman–Crippen MR) is 109 cm³/mol. The second kappa shape index (κ2) is 10.3. The first-order valence-electron chi connectivity index (χ1n) is 9.17. The van der Waals surface area contributed by atoms with Crippen molar-refractivity contribution in [3.63, 3.8) is 0 Å². The van der Waals surface area contributed by atoms with Crippen LogP contribution < -0.4 is 19.7 Å². The molecule has 0 radical (unpaired) electrons. The molecule has 152 valence electrons. The van der Waals surface area contributed by atoms with Gasteiger partial charge in [0.1, 0.15) is 6.33 Å². The molecule has 1 aromatic heterocycles. The van der Waals surface area contributed by atoms with Gasteiger partial charge in [-0.1, -0.05) is 19.4 Å². The lowest BCUT2D eigenvalue weighted by molar-refractivity contribution is -0.383. The van der Waals surface area contributed by atoms with Crippen molar-refractivity contribution >= 4 is 17.3 Å². The van der Waals surface area contributed by atoms with E-state index in [4.69, 9.17) is 9.47 Å². The van der Waals surface area contributed by atoms with Crippen molar-refractivity contribution in [2.45, 2.75) is 26.2 Å². The molecule has 28 heavy (non-hydrogen) atoms. The van der Waals surface area contributed by atoms with E-state index in [9.17, 15) is 10.1 Å². The van der Waals surface area contributed by atoms with Gasteiger partial charge in [0.05, 0.1) is 19.1 Å². The molecule has 2 rings (SSSR count). The number of methoxy groups -OCH3 is 2. The molecule has 0 unspecified atom stereocenters. The Labute approximate surface area is 164 Å². The van der Waals surface area contributed by atoms with Crippen LogP contribution in [0.1, 0.15) is 25.3 Å². The Balaban J connectivity index is 2.12. The molecule has 0 aliphatic heterocycles. The van der Waals surface area contributed by atoms with Crippen molar-refractivity contribution in [2.75, 3.05) is 44.6 Å². The molecule has 9 heteroatoms. The van der Waals surface area contributed by atoms with Crippen molar-refractivity contribution < 1.29 is 14.4 Å². The van der Waals surface area contributed by atoms with E-state index >= 15 is 0 Å². The number of benzene rings is 1. The minimum Gasteiger partial charge on any atom is -0.493 e. The Morgan fingerprint density at radius 1 is 1.21 bits per heavy atom. The number of hydrogen-bond acceptors (Lipinski definition) is 8. The zero-order valence-corrected chi connectivity index (χ0v) is 16.8. The first kappa shape index (κ1) is 21.2. The van der Waals surface area contributed by atoms with Crippen LogP contribution in [-0.4, -0.2) is 49.2 Å². The van der Waals surface area contributed by atoms with E-state index in [0.717, 1.165) is 18.4 Å². The summed E-state index contributed by atoms with van der Waals surface area (Å²) in [5.74, 6) is 1.85. The summed E-state index contributed by atoms with van der Waals surface area (Å²) < 4.78 is 10.5. The van der Waals surface area contributed by atoms with Gasteiger partial charge in [0.25, 0.3) is 0 Å². The lowest BCUT2D eigenvalue weighted by atomic mass is 10.1. The number of nitrogens with zero attached hydrogens (tertiary/aromatic N) is 4. The van der Waals surface area contributed by atoms with E-state index < -0.39 is 4.92 Å². The number of nitro groups is 1. The van der Waals surface area contributed by atoms with E-state index in [-0.39, 0.29) is 11.5 Å². The zero-order chi connectivity index (χ0) is 20.5. The fourth-order valence-corrected chi connectivity index (χ4v) is 2.81. The van der Waals surface area contributed by atoms with Gasteiger partial charge in [0, 0.05) is 20.1 Å². The van der Waals surface area contributed by atoms with E-state index in [1.165, 1.54) is 6.33 Å². The Bertz CT molecular complexity index is 800. The number of rotatable bonds is 11. The highest BCUT2D eigenvalue weighted by molar-refractivity contribution is 5.70. The molecule has 0 saturated carbocycles. The zero-order valence-electron chi connectivity index (χ0n) is 16.8. The molecular formula is C19H27N5O4. The summed E-state index contributed by atoms with van der Waals surface area (Å²) in [5.41, 5.74) is 0.913. The molecule has 0 bridgehead atoms. The molecule has 2 aromatic rings. The van der Waals surface area contributed by atoms with Gasteiger partial charge in [0.2, 0.25) is 11.6 Å². The van der Waals surface area contributed by atoms with E-state index in [1.807, 2.05) is 18.2 Å². The van der Waals surface area contributed by atoms with Crippen LogP contribution in [0, 0.1) is 10.1 Å². The first-order chi connectivity index (χ1) is 13.5. The van der Waals surface area contributed by atoms with Crippen LogP contribution in [0.25, 0.3) is 0 Å². The number of anilines is 2. The third-order valence-corrected chi connectivity index (χ3v) is 4.35. The minimum absolute atomic E-state index is 0.103. The molecule has 0 spiro atoms. The summed E-state index contributed by atoms with van der Waals surface area (Å²) in [6.07, 6.45) is 3.92. The summed E-state index contributed by atoms with van der Waals surface area (Å²) in [6.45, 7) is 3.24. The Kier molecular flexibility index (Phi) is 7.79. The smallest absolute Gasteiger partial charge is 0.353 e. The van der Waals surface area contributed by atoms with Crippen molar-refractivity contribution in [1.82, 2.24) is 9.97 Å². The number of ether oxygens (including phenoxy) is 2. The summed E-state index contributed by atoms with van der Waals surface area (Å²) in [5, 5.41) is 14.7. The molecule has 0 aliphatic rings. The number of unbranched alkanes of at least 4 members (excludes halogenated alkanes) is 1. The van der Waals surface area contributed by atoms with Crippen molar-refractivity contribution in [3.8, 4) is 11.5 Å². The molecule has 0 amide bonds. The fourth-order valence-electron chi connectivity index (χ4n) is 2.81. The van der Waals surface area contributed by atoms with Crippen LogP contribution >= 0.6 is 0 Å². The Morgan fingerprint density at radius 2 is 1.96 bits per heavy atom. The molecular weight excluding hydrogens is 362 g/mol. The van der Waals surface area contributed by atoms with Crippen LogP contribution in [0.4, 0.5) is 17.3 Å². The van der Waals surface area contributed by atoms with Crippen LogP contribution in [0.15, 0.2) is 24.5 Å². The average molecular weight is 389 g/mol. The second-order valence-electron chi connectivity index (χ2n) is 6.29. The third-order valence-electron chi connectivity index (χ3n) is 4.35. The minimum atomic E-state index is -0.434. The largest absolute Gasteiger partial charge is 0.493 e. The quantitative estimate of drug-likeness (QED) is 0.461. The molecule has 9 nitrogen and oxygen atoms in total. The van der Waals surface area contributed by atoms with Gasteiger partial charge in [-0.05, 0) is 30.5 Å². The molecule has 1 heterocycles. The average Bonchev–Trinajstić information content (AvgIpc) is 2.71. The highest BCUT2D eigenvalue weighted by atomic mass is 16.6. The first-order valence-corrected chi connectivity index (χ1v) is 9.17. The topological polar surface area (TPSA) is 103 Å². The lowest BCUT2D eigenvalue weighted by Gasteiger charge is -2.18. The molecule has 1 aromatic carbocycles. The third kappa shape index (κ3) is 5.21. The summed E-state index contributed by atoms with van der Waals surface area (Å²) >= 11 is 0. The van der Waals surface area contributed by atoms with Crippen molar-refractivity contribution in [3.05, 3.63) is 40.2 Å². The number of nitrogens with one attached hydrogen (secondary N) is 1. The van der Waals surface area contributed by atoms with Gasteiger partial charge in [-0.25, -0.2) is 9.97 Å². The monoisotopic (exact) mass is 389 g/mol. The van der Waals surface area contributed by atoms with Gasteiger partial charge >= 0.3 is 5.69 Å². The standard InChI is InChI=1S/C19H27N5O4/c1-5-6-11-23(2)19-17(24(25)26)18(21-13-22-19)20-10-9-14-7-8-15(27-3)16(12-14)28-4/h7-8,12-13H,5-6,9-11H2,1-4H3,(H,20,21,22). The molecule has 0 fully saturated rings. The predicted octanol–water partition coefficient (Wildman–Crippen LogP) is 3.29. The van der Waals surface area contributed by atoms with Crippen LogP contribution in [0.3, 0.4) is 0 Å².